The van der Waals surface area contributed by atoms with Crippen LogP contribution in [-0.4, -0.2) is 29.4 Å². The third-order valence-corrected chi connectivity index (χ3v) is 4.38. The lowest BCUT2D eigenvalue weighted by atomic mass is 10.2. The minimum absolute atomic E-state index is 0.206. The molecular weight excluding hydrogens is 280 g/mol. The lowest BCUT2D eigenvalue weighted by molar-refractivity contribution is -0.129. The Morgan fingerprint density at radius 2 is 2.05 bits per heavy atom. The van der Waals surface area contributed by atoms with Crippen LogP contribution in [0.3, 0.4) is 0 Å². The van der Waals surface area contributed by atoms with Crippen LogP contribution in [0, 0.1) is 0 Å². The summed E-state index contributed by atoms with van der Waals surface area (Å²) in [6, 6.07) is 10.2. The first kappa shape index (κ1) is 15.7. The van der Waals surface area contributed by atoms with Crippen molar-refractivity contribution >= 4 is 17.2 Å². The molecule has 1 heterocycles. The van der Waals surface area contributed by atoms with Crippen LogP contribution in [0.25, 0.3) is 10.6 Å². The standard InChI is InChI=1S/C17H22N2OS/c1-3-4-12-19(2)16(20)11-10-15-13-21-17(18-15)14-8-6-5-7-9-14/h5-9,13H,3-4,10-12H2,1-2H3. The highest BCUT2D eigenvalue weighted by atomic mass is 32.1. The predicted molar refractivity (Wildman–Crippen MR) is 88.4 cm³/mol. The van der Waals surface area contributed by atoms with Gasteiger partial charge in [-0.05, 0) is 12.8 Å². The third kappa shape index (κ3) is 4.67. The fraction of sp³-hybridized carbons (Fsp3) is 0.412. The van der Waals surface area contributed by atoms with Crippen LogP contribution >= 0.6 is 11.3 Å². The summed E-state index contributed by atoms with van der Waals surface area (Å²) < 4.78 is 0. The largest absolute Gasteiger partial charge is 0.346 e. The highest BCUT2D eigenvalue weighted by molar-refractivity contribution is 7.13. The van der Waals surface area contributed by atoms with Crippen molar-refractivity contribution in [1.29, 1.82) is 0 Å². The average molecular weight is 302 g/mol. The third-order valence-electron chi connectivity index (χ3n) is 3.44. The molecule has 1 amide bonds. The second-order valence-corrected chi connectivity index (χ2v) is 6.04. The molecule has 0 saturated carbocycles. The number of rotatable bonds is 7. The first-order valence-corrected chi connectivity index (χ1v) is 8.32. The molecule has 2 rings (SSSR count). The van der Waals surface area contributed by atoms with Crippen LogP contribution in [0.2, 0.25) is 0 Å². The Labute approximate surface area is 130 Å². The second-order valence-electron chi connectivity index (χ2n) is 5.18. The minimum Gasteiger partial charge on any atom is -0.346 e. The van der Waals surface area contributed by atoms with Gasteiger partial charge in [-0.15, -0.1) is 11.3 Å². The predicted octanol–water partition coefficient (Wildman–Crippen LogP) is 4.00. The molecule has 0 fully saturated rings. The molecule has 0 saturated heterocycles. The molecule has 1 aromatic carbocycles. The van der Waals surface area contributed by atoms with E-state index >= 15 is 0 Å². The van der Waals surface area contributed by atoms with Gasteiger partial charge in [-0.2, -0.15) is 0 Å². The monoisotopic (exact) mass is 302 g/mol. The highest BCUT2D eigenvalue weighted by Gasteiger charge is 2.10. The lowest BCUT2D eigenvalue weighted by Gasteiger charge is -2.16. The molecule has 0 aliphatic carbocycles. The van der Waals surface area contributed by atoms with Crippen LogP contribution in [0.4, 0.5) is 0 Å². The van der Waals surface area contributed by atoms with E-state index in [0.29, 0.717) is 6.42 Å². The summed E-state index contributed by atoms with van der Waals surface area (Å²) >= 11 is 1.64. The molecule has 0 aliphatic rings. The van der Waals surface area contributed by atoms with Crippen LogP contribution in [0.5, 0.6) is 0 Å². The molecule has 0 spiro atoms. The highest BCUT2D eigenvalue weighted by Crippen LogP contribution is 2.23. The molecule has 0 aliphatic heterocycles. The number of amides is 1. The van der Waals surface area contributed by atoms with Crippen molar-refractivity contribution in [3.63, 3.8) is 0 Å². The maximum Gasteiger partial charge on any atom is 0.222 e. The summed E-state index contributed by atoms with van der Waals surface area (Å²) in [6.07, 6.45) is 3.44. The molecule has 0 bridgehead atoms. The molecular formula is C17H22N2OS. The summed E-state index contributed by atoms with van der Waals surface area (Å²) in [5, 5.41) is 3.08. The van der Waals surface area contributed by atoms with E-state index in [0.717, 1.165) is 42.1 Å². The van der Waals surface area contributed by atoms with E-state index in [1.807, 2.05) is 30.1 Å². The van der Waals surface area contributed by atoms with Gasteiger partial charge in [-0.25, -0.2) is 4.98 Å². The zero-order valence-electron chi connectivity index (χ0n) is 12.7. The maximum absolute atomic E-state index is 12.0. The molecule has 2 aromatic rings. The number of carbonyl (C=O) groups is 1. The van der Waals surface area contributed by atoms with Gasteiger partial charge in [-0.3, -0.25) is 4.79 Å². The van der Waals surface area contributed by atoms with Crippen molar-refractivity contribution in [2.75, 3.05) is 13.6 Å². The lowest BCUT2D eigenvalue weighted by Crippen LogP contribution is -2.27. The molecule has 112 valence electrons. The molecule has 4 heteroatoms. The van der Waals surface area contributed by atoms with Crippen molar-refractivity contribution in [2.24, 2.45) is 0 Å². The summed E-state index contributed by atoms with van der Waals surface area (Å²) in [5.41, 5.74) is 2.15. The fourth-order valence-electron chi connectivity index (χ4n) is 2.08. The molecule has 0 radical (unpaired) electrons. The quantitative estimate of drug-likeness (QED) is 0.774. The van der Waals surface area contributed by atoms with Crippen molar-refractivity contribution in [3.8, 4) is 10.6 Å². The van der Waals surface area contributed by atoms with Crippen molar-refractivity contribution < 1.29 is 4.79 Å². The number of unbranched alkanes of at least 4 members (excludes halogenated alkanes) is 1. The Kier molecular flexibility index (Phi) is 5.93. The van der Waals surface area contributed by atoms with Gasteiger partial charge in [0.25, 0.3) is 0 Å². The van der Waals surface area contributed by atoms with E-state index in [4.69, 9.17) is 0 Å². The van der Waals surface area contributed by atoms with Gasteiger partial charge in [0.2, 0.25) is 5.91 Å². The Morgan fingerprint density at radius 3 is 2.76 bits per heavy atom. The number of aryl methyl sites for hydroxylation is 1. The number of aromatic nitrogens is 1. The summed E-state index contributed by atoms with van der Waals surface area (Å²) in [5.74, 6) is 0.206. The van der Waals surface area contributed by atoms with Crippen LogP contribution < -0.4 is 0 Å². The fourth-order valence-corrected chi connectivity index (χ4v) is 2.94. The molecule has 21 heavy (non-hydrogen) atoms. The van der Waals surface area contributed by atoms with Gasteiger partial charge < -0.3 is 4.90 Å². The minimum atomic E-state index is 0.206. The number of hydrogen-bond acceptors (Lipinski definition) is 3. The van der Waals surface area contributed by atoms with Gasteiger partial charge in [0.15, 0.2) is 0 Å². The van der Waals surface area contributed by atoms with Gasteiger partial charge >= 0.3 is 0 Å². The molecule has 1 aromatic heterocycles. The summed E-state index contributed by atoms with van der Waals surface area (Å²) in [6.45, 7) is 2.99. The van der Waals surface area contributed by atoms with Crippen molar-refractivity contribution in [3.05, 3.63) is 41.4 Å². The first-order chi connectivity index (χ1) is 10.2. The van der Waals surface area contributed by atoms with E-state index in [1.54, 1.807) is 11.3 Å². The van der Waals surface area contributed by atoms with E-state index in [2.05, 4.69) is 29.4 Å². The van der Waals surface area contributed by atoms with Crippen LogP contribution in [0.1, 0.15) is 31.9 Å². The van der Waals surface area contributed by atoms with Crippen molar-refractivity contribution in [1.82, 2.24) is 9.88 Å². The number of carbonyl (C=O) groups excluding carboxylic acids is 1. The Morgan fingerprint density at radius 1 is 1.29 bits per heavy atom. The number of hydrogen-bond donors (Lipinski definition) is 0. The molecule has 0 unspecified atom stereocenters. The molecule has 0 N–H and O–H groups in total. The Hall–Kier alpha value is -1.68. The number of nitrogens with zero attached hydrogens (tertiary/aromatic N) is 2. The number of benzene rings is 1. The summed E-state index contributed by atoms with van der Waals surface area (Å²) in [4.78, 5) is 18.4. The Bertz CT molecular complexity index is 565. The zero-order chi connectivity index (χ0) is 15.1. The average Bonchev–Trinajstić information content (AvgIpc) is 3.00. The van der Waals surface area contributed by atoms with Gasteiger partial charge in [0.1, 0.15) is 5.01 Å². The van der Waals surface area contributed by atoms with E-state index < -0.39 is 0 Å². The zero-order valence-corrected chi connectivity index (χ0v) is 13.5. The smallest absolute Gasteiger partial charge is 0.222 e. The molecule has 3 nitrogen and oxygen atoms in total. The van der Waals surface area contributed by atoms with Gasteiger partial charge in [-0.1, -0.05) is 43.7 Å². The van der Waals surface area contributed by atoms with E-state index in [1.165, 1.54) is 0 Å². The topological polar surface area (TPSA) is 33.2 Å². The second kappa shape index (κ2) is 7.93. The SMILES string of the molecule is CCCCN(C)C(=O)CCc1csc(-c2ccccc2)n1. The van der Waals surface area contributed by atoms with Crippen molar-refractivity contribution in [2.45, 2.75) is 32.6 Å². The maximum atomic E-state index is 12.0. The van der Waals surface area contributed by atoms with Crippen LogP contribution in [0.15, 0.2) is 35.7 Å². The first-order valence-electron chi connectivity index (χ1n) is 7.44. The van der Waals surface area contributed by atoms with Crippen LogP contribution in [-0.2, 0) is 11.2 Å². The van der Waals surface area contributed by atoms with Gasteiger partial charge in [0.05, 0.1) is 5.69 Å². The normalized spacial score (nSPS) is 10.6. The van der Waals surface area contributed by atoms with E-state index in [-0.39, 0.29) is 5.91 Å². The summed E-state index contributed by atoms with van der Waals surface area (Å²) in [7, 11) is 1.88. The van der Waals surface area contributed by atoms with E-state index in [9.17, 15) is 4.79 Å². The number of thiazole rings is 1. The molecule has 0 atom stereocenters. The Balaban J connectivity index is 1.87. The van der Waals surface area contributed by atoms with Gasteiger partial charge in [0, 0.05) is 31.0 Å².